The second-order valence-corrected chi connectivity index (χ2v) is 6.22. The second-order valence-electron chi connectivity index (χ2n) is 6.22. The molecule has 0 amide bonds. The van der Waals surface area contributed by atoms with E-state index in [2.05, 4.69) is 31.0 Å². The van der Waals surface area contributed by atoms with Crippen LogP contribution in [-0.2, 0) is 4.74 Å². The summed E-state index contributed by atoms with van der Waals surface area (Å²) in [6.07, 6.45) is 2.99. The number of hydrogen-bond donors (Lipinski definition) is 1. The zero-order valence-electron chi connectivity index (χ0n) is 11.0. The monoisotopic (exact) mass is 226 g/mol. The SMILES string of the molecule is CC(C)(C)C1CNCCN1CC1CCCO1. The summed E-state index contributed by atoms with van der Waals surface area (Å²) >= 11 is 0. The van der Waals surface area contributed by atoms with Crippen LogP contribution in [0.2, 0.25) is 0 Å². The summed E-state index contributed by atoms with van der Waals surface area (Å²) in [5.41, 5.74) is 0.353. The van der Waals surface area contributed by atoms with E-state index in [-0.39, 0.29) is 0 Å². The Balaban J connectivity index is 1.93. The van der Waals surface area contributed by atoms with Crippen molar-refractivity contribution >= 4 is 0 Å². The summed E-state index contributed by atoms with van der Waals surface area (Å²) in [5, 5.41) is 3.51. The van der Waals surface area contributed by atoms with E-state index in [1.54, 1.807) is 0 Å². The lowest BCUT2D eigenvalue weighted by Crippen LogP contribution is -2.58. The molecule has 2 aliphatic rings. The summed E-state index contributed by atoms with van der Waals surface area (Å²) in [7, 11) is 0. The first-order valence-corrected chi connectivity index (χ1v) is 6.64. The highest BCUT2D eigenvalue weighted by Crippen LogP contribution is 2.26. The Bertz CT molecular complexity index is 218. The summed E-state index contributed by atoms with van der Waals surface area (Å²) in [6, 6.07) is 0.644. The Kier molecular flexibility index (Phi) is 3.88. The van der Waals surface area contributed by atoms with Crippen molar-refractivity contribution in [3.05, 3.63) is 0 Å². The largest absolute Gasteiger partial charge is 0.377 e. The summed E-state index contributed by atoms with van der Waals surface area (Å²) in [5.74, 6) is 0. The maximum Gasteiger partial charge on any atom is 0.0702 e. The molecule has 0 aromatic carbocycles. The highest BCUT2D eigenvalue weighted by molar-refractivity contribution is 4.90. The van der Waals surface area contributed by atoms with Crippen molar-refractivity contribution in [2.75, 3.05) is 32.8 Å². The lowest BCUT2D eigenvalue weighted by Gasteiger charge is -2.44. The van der Waals surface area contributed by atoms with Crippen molar-refractivity contribution in [1.82, 2.24) is 10.2 Å². The lowest BCUT2D eigenvalue weighted by molar-refractivity contribution is 0.0174. The van der Waals surface area contributed by atoms with Gasteiger partial charge in [-0.3, -0.25) is 4.90 Å². The van der Waals surface area contributed by atoms with Crippen LogP contribution in [0.15, 0.2) is 0 Å². The van der Waals surface area contributed by atoms with Crippen molar-refractivity contribution in [2.45, 2.75) is 45.8 Å². The first-order chi connectivity index (χ1) is 7.57. The summed E-state index contributed by atoms with van der Waals surface area (Å²) in [4.78, 5) is 2.63. The zero-order chi connectivity index (χ0) is 11.6. The van der Waals surface area contributed by atoms with Crippen molar-refractivity contribution < 1.29 is 4.74 Å². The molecule has 2 heterocycles. The average Bonchev–Trinajstić information content (AvgIpc) is 2.70. The normalized spacial score (nSPS) is 33.2. The molecule has 2 unspecified atom stereocenters. The fourth-order valence-electron chi connectivity index (χ4n) is 2.87. The van der Waals surface area contributed by atoms with Crippen LogP contribution in [0.3, 0.4) is 0 Å². The highest BCUT2D eigenvalue weighted by atomic mass is 16.5. The molecule has 3 heteroatoms. The van der Waals surface area contributed by atoms with Gasteiger partial charge in [-0.05, 0) is 18.3 Å². The van der Waals surface area contributed by atoms with Crippen LogP contribution >= 0.6 is 0 Å². The Morgan fingerprint density at radius 2 is 2.19 bits per heavy atom. The third kappa shape index (κ3) is 2.96. The molecular weight excluding hydrogens is 200 g/mol. The molecule has 0 aliphatic carbocycles. The average molecular weight is 226 g/mol. The fourth-order valence-corrected chi connectivity index (χ4v) is 2.87. The first kappa shape index (κ1) is 12.3. The minimum absolute atomic E-state index is 0.353. The topological polar surface area (TPSA) is 24.5 Å². The molecule has 0 saturated carbocycles. The van der Waals surface area contributed by atoms with Gasteiger partial charge in [0.2, 0.25) is 0 Å². The predicted molar refractivity (Wildman–Crippen MR) is 66.7 cm³/mol. The van der Waals surface area contributed by atoms with Crippen molar-refractivity contribution in [2.24, 2.45) is 5.41 Å². The predicted octanol–water partition coefficient (Wildman–Crippen LogP) is 1.49. The maximum absolute atomic E-state index is 5.75. The molecule has 2 rings (SSSR count). The summed E-state index contributed by atoms with van der Waals surface area (Å²) in [6.45, 7) is 12.5. The maximum atomic E-state index is 5.75. The molecule has 2 atom stereocenters. The highest BCUT2D eigenvalue weighted by Gasteiger charge is 2.33. The van der Waals surface area contributed by atoms with Crippen LogP contribution in [0.4, 0.5) is 0 Å². The van der Waals surface area contributed by atoms with Crippen LogP contribution < -0.4 is 5.32 Å². The summed E-state index contributed by atoms with van der Waals surface area (Å²) < 4.78 is 5.75. The number of nitrogens with zero attached hydrogens (tertiary/aromatic N) is 1. The van der Waals surface area contributed by atoms with Crippen LogP contribution in [-0.4, -0.2) is 49.8 Å². The van der Waals surface area contributed by atoms with E-state index in [1.807, 2.05) is 0 Å². The van der Waals surface area contributed by atoms with E-state index in [0.717, 1.165) is 26.2 Å². The number of ether oxygens (including phenoxy) is 1. The number of nitrogens with one attached hydrogen (secondary N) is 1. The third-order valence-corrected chi connectivity index (χ3v) is 3.82. The Hall–Kier alpha value is -0.120. The first-order valence-electron chi connectivity index (χ1n) is 6.64. The van der Waals surface area contributed by atoms with E-state index in [1.165, 1.54) is 19.4 Å². The minimum Gasteiger partial charge on any atom is -0.377 e. The second kappa shape index (κ2) is 5.03. The Morgan fingerprint density at radius 1 is 1.38 bits per heavy atom. The van der Waals surface area contributed by atoms with Crippen molar-refractivity contribution in [1.29, 1.82) is 0 Å². The van der Waals surface area contributed by atoms with Gasteiger partial charge in [0.15, 0.2) is 0 Å². The van der Waals surface area contributed by atoms with Crippen molar-refractivity contribution in [3.8, 4) is 0 Å². The van der Waals surface area contributed by atoms with Gasteiger partial charge in [-0.15, -0.1) is 0 Å². The Labute approximate surface area is 99.5 Å². The molecule has 16 heavy (non-hydrogen) atoms. The molecule has 0 bridgehead atoms. The van der Waals surface area contributed by atoms with E-state index in [0.29, 0.717) is 17.6 Å². The number of piperazine rings is 1. The van der Waals surface area contributed by atoms with Gasteiger partial charge in [0.05, 0.1) is 6.10 Å². The van der Waals surface area contributed by atoms with Crippen LogP contribution in [0.5, 0.6) is 0 Å². The molecule has 2 saturated heterocycles. The third-order valence-electron chi connectivity index (χ3n) is 3.82. The van der Waals surface area contributed by atoms with Gasteiger partial charge in [0.25, 0.3) is 0 Å². The zero-order valence-corrected chi connectivity index (χ0v) is 11.0. The molecule has 0 radical (unpaired) electrons. The van der Waals surface area contributed by atoms with E-state index in [9.17, 15) is 0 Å². The van der Waals surface area contributed by atoms with Crippen LogP contribution in [0.25, 0.3) is 0 Å². The number of rotatable bonds is 2. The van der Waals surface area contributed by atoms with Gasteiger partial charge in [-0.1, -0.05) is 20.8 Å². The molecule has 94 valence electrons. The molecular formula is C13H26N2O. The molecule has 0 aromatic heterocycles. The van der Waals surface area contributed by atoms with E-state index < -0.39 is 0 Å². The van der Waals surface area contributed by atoms with Gasteiger partial charge in [0.1, 0.15) is 0 Å². The molecule has 1 N–H and O–H groups in total. The number of hydrogen-bond acceptors (Lipinski definition) is 3. The fraction of sp³-hybridized carbons (Fsp3) is 1.00. The standard InChI is InChI=1S/C13H26N2O/c1-13(2,3)12-9-14-6-7-15(12)10-11-5-4-8-16-11/h11-12,14H,4-10H2,1-3H3. The van der Waals surface area contributed by atoms with Crippen LogP contribution in [0, 0.1) is 5.41 Å². The molecule has 3 nitrogen and oxygen atoms in total. The molecule has 0 aromatic rings. The van der Waals surface area contributed by atoms with Gasteiger partial charge in [0, 0.05) is 38.8 Å². The van der Waals surface area contributed by atoms with E-state index in [4.69, 9.17) is 4.74 Å². The lowest BCUT2D eigenvalue weighted by atomic mass is 9.84. The van der Waals surface area contributed by atoms with Crippen molar-refractivity contribution in [3.63, 3.8) is 0 Å². The van der Waals surface area contributed by atoms with E-state index >= 15 is 0 Å². The van der Waals surface area contributed by atoms with Gasteiger partial charge in [-0.25, -0.2) is 0 Å². The quantitative estimate of drug-likeness (QED) is 0.772. The molecule has 0 spiro atoms. The van der Waals surface area contributed by atoms with Gasteiger partial charge >= 0.3 is 0 Å². The Morgan fingerprint density at radius 3 is 2.81 bits per heavy atom. The molecule has 2 aliphatic heterocycles. The van der Waals surface area contributed by atoms with Gasteiger partial charge < -0.3 is 10.1 Å². The van der Waals surface area contributed by atoms with Gasteiger partial charge in [-0.2, -0.15) is 0 Å². The minimum atomic E-state index is 0.353. The smallest absolute Gasteiger partial charge is 0.0702 e. The molecule has 2 fully saturated rings. The van der Waals surface area contributed by atoms with Crippen LogP contribution in [0.1, 0.15) is 33.6 Å².